The average molecular weight is 405 g/mol. The lowest BCUT2D eigenvalue weighted by Gasteiger charge is -2.19. The maximum Gasteiger partial charge on any atom is 0.329 e. The van der Waals surface area contributed by atoms with E-state index in [-0.39, 0.29) is 11.8 Å². The SMILES string of the molecule is O=C([O-])CNC(=O)[C@@H](Cc1c[nH]c2ccccc12)n1c(=O)[nH]c2ccccc2c1=O. The Balaban J connectivity index is 1.84. The lowest BCUT2D eigenvalue weighted by molar-refractivity contribution is -0.304. The summed E-state index contributed by atoms with van der Waals surface area (Å²) < 4.78 is 0.828. The van der Waals surface area contributed by atoms with Gasteiger partial charge >= 0.3 is 5.69 Å². The molecule has 0 saturated carbocycles. The second-order valence-electron chi connectivity index (χ2n) is 6.82. The van der Waals surface area contributed by atoms with Gasteiger partial charge in [0.05, 0.1) is 23.4 Å². The number of rotatable bonds is 6. The van der Waals surface area contributed by atoms with Gasteiger partial charge < -0.3 is 25.2 Å². The molecular formula is C21H17N4O5-. The van der Waals surface area contributed by atoms with Gasteiger partial charge in [-0.25, -0.2) is 9.36 Å². The molecule has 0 aliphatic carbocycles. The van der Waals surface area contributed by atoms with Crippen LogP contribution in [0.15, 0.2) is 64.3 Å². The first kappa shape index (κ1) is 19.2. The highest BCUT2D eigenvalue weighted by atomic mass is 16.4. The van der Waals surface area contributed by atoms with E-state index < -0.39 is 35.7 Å². The molecule has 152 valence electrons. The molecule has 0 radical (unpaired) electrons. The van der Waals surface area contributed by atoms with Crippen molar-refractivity contribution in [2.75, 3.05) is 6.54 Å². The summed E-state index contributed by atoms with van der Waals surface area (Å²) in [7, 11) is 0. The molecule has 0 aliphatic heterocycles. The van der Waals surface area contributed by atoms with Crippen molar-refractivity contribution < 1.29 is 14.7 Å². The molecule has 0 saturated heterocycles. The molecule has 30 heavy (non-hydrogen) atoms. The Morgan fingerprint density at radius 3 is 2.40 bits per heavy atom. The molecule has 0 spiro atoms. The zero-order valence-corrected chi connectivity index (χ0v) is 15.7. The monoisotopic (exact) mass is 405 g/mol. The van der Waals surface area contributed by atoms with Crippen LogP contribution in [-0.4, -0.2) is 33.0 Å². The van der Waals surface area contributed by atoms with Gasteiger partial charge in [0.2, 0.25) is 5.91 Å². The van der Waals surface area contributed by atoms with E-state index in [1.807, 2.05) is 24.3 Å². The van der Waals surface area contributed by atoms with Crippen molar-refractivity contribution in [1.82, 2.24) is 19.9 Å². The number of carboxylic acid groups (broad SMARTS) is 1. The van der Waals surface area contributed by atoms with Gasteiger partial charge in [-0.05, 0) is 23.8 Å². The minimum Gasteiger partial charge on any atom is -0.548 e. The fourth-order valence-corrected chi connectivity index (χ4v) is 3.55. The fraction of sp³-hybridized carbons (Fsp3) is 0.143. The highest BCUT2D eigenvalue weighted by molar-refractivity contribution is 5.87. The van der Waals surface area contributed by atoms with Crippen molar-refractivity contribution in [2.24, 2.45) is 0 Å². The third-order valence-corrected chi connectivity index (χ3v) is 4.95. The predicted octanol–water partition coefficient (Wildman–Crippen LogP) is -0.179. The molecule has 3 N–H and O–H groups in total. The number of hydrogen-bond donors (Lipinski definition) is 3. The number of hydrogen-bond acceptors (Lipinski definition) is 5. The summed E-state index contributed by atoms with van der Waals surface area (Å²) in [6.45, 7) is -0.733. The molecule has 0 fully saturated rings. The Hall–Kier alpha value is -4.14. The maximum absolute atomic E-state index is 13.1. The smallest absolute Gasteiger partial charge is 0.329 e. The van der Waals surface area contributed by atoms with Gasteiger partial charge in [-0.2, -0.15) is 0 Å². The maximum atomic E-state index is 13.1. The molecule has 4 rings (SSSR count). The molecule has 9 nitrogen and oxygen atoms in total. The molecule has 0 unspecified atom stereocenters. The average Bonchev–Trinajstić information content (AvgIpc) is 3.14. The summed E-state index contributed by atoms with van der Waals surface area (Å²) in [6, 6.07) is 12.6. The van der Waals surface area contributed by atoms with E-state index in [9.17, 15) is 24.3 Å². The standard InChI is InChI=1S/C21H18N4O5/c26-18(27)11-23-19(28)17(9-12-10-22-15-7-3-1-5-13(12)15)25-20(29)14-6-2-4-8-16(14)24-21(25)30/h1-8,10,17,22H,9,11H2,(H,23,28)(H,24,30)(H,26,27)/p-1/t17-/m1/s1. The predicted molar refractivity (Wildman–Crippen MR) is 108 cm³/mol. The number of nitrogens with one attached hydrogen (secondary N) is 3. The number of benzene rings is 2. The van der Waals surface area contributed by atoms with Crippen LogP contribution in [0.5, 0.6) is 0 Å². The summed E-state index contributed by atoms with van der Waals surface area (Å²) in [6.07, 6.45) is 1.70. The number of nitrogens with zero attached hydrogens (tertiary/aromatic N) is 1. The van der Waals surface area contributed by atoms with Crippen LogP contribution in [0.25, 0.3) is 21.8 Å². The first-order valence-electron chi connectivity index (χ1n) is 9.22. The Kier molecular flexibility index (Phi) is 4.93. The molecule has 1 amide bonds. The lowest BCUT2D eigenvalue weighted by Crippen LogP contribution is -2.47. The quantitative estimate of drug-likeness (QED) is 0.408. The summed E-state index contributed by atoms with van der Waals surface area (Å²) in [4.78, 5) is 55.1. The van der Waals surface area contributed by atoms with Gasteiger partial charge in [0.1, 0.15) is 6.04 Å². The largest absolute Gasteiger partial charge is 0.548 e. The summed E-state index contributed by atoms with van der Waals surface area (Å²) >= 11 is 0. The highest BCUT2D eigenvalue weighted by Crippen LogP contribution is 2.22. The van der Waals surface area contributed by atoms with Gasteiger partial charge in [-0.15, -0.1) is 0 Å². The fourth-order valence-electron chi connectivity index (χ4n) is 3.55. The van der Waals surface area contributed by atoms with Crippen LogP contribution in [0.3, 0.4) is 0 Å². The molecule has 0 aliphatic rings. The number of para-hydroxylation sites is 2. The number of amides is 1. The van der Waals surface area contributed by atoms with Crippen LogP contribution in [0.1, 0.15) is 11.6 Å². The molecule has 0 bridgehead atoms. The van der Waals surface area contributed by atoms with Crippen LogP contribution in [-0.2, 0) is 16.0 Å². The van der Waals surface area contributed by atoms with E-state index in [1.165, 1.54) is 0 Å². The zero-order valence-electron chi connectivity index (χ0n) is 15.7. The molecule has 2 aromatic carbocycles. The van der Waals surface area contributed by atoms with Crippen molar-refractivity contribution in [3.05, 3.63) is 81.1 Å². The molecule has 2 aromatic heterocycles. The zero-order chi connectivity index (χ0) is 21.3. The molecule has 9 heteroatoms. The second kappa shape index (κ2) is 7.70. The minimum atomic E-state index is -1.48. The van der Waals surface area contributed by atoms with E-state index in [0.717, 1.165) is 15.5 Å². The number of aromatic nitrogens is 3. The van der Waals surface area contributed by atoms with Gasteiger partial charge in [-0.3, -0.25) is 9.59 Å². The van der Waals surface area contributed by atoms with E-state index in [4.69, 9.17) is 0 Å². The Morgan fingerprint density at radius 1 is 1.00 bits per heavy atom. The lowest BCUT2D eigenvalue weighted by atomic mass is 10.0. The molecule has 4 aromatic rings. The van der Waals surface area contributed by atoms with Crippen LogP contribution in [0.4, 0.5) is 0 Å². The summed E-state index contributed by atoms with van der Waals surface area (Å²) in [5.74, 6) is -2.25. The van der Waals surface area contributed by atoms with Crippen LogP contribution in [0.2, 0.25) is 0 Å². The van der Waals surface area contributed by atoms with Crippen molar-refractivity contribution in [3.63, 3.8) is 0 Å². The number of H-pyrrole nitrogens is 2. The number of carbonyl (C=O) groups is 2. The van der Waals surface area contributed by atoms with Crippen LogP contribution < -0.4 is 21.7 Å². The molecule has 2 heterocycles. The van der Waals surface area contributed by atoms with Gasteiger partial charge in [0.15, 0.2) is 0 Å². The number of aliphatic carboxylic acids is 1. The number of fused-ring (bicyclic) bond motifs is 2. The first-order valence-corrected chi connectivity index (χ1v) is 9.22. The number of aromatic amines is 2. The van der Waals surface area contributed by atoms with Crippen molar-refractivity contribution in [3.8, 4) is 0 Å². The Labute approximate surface area is 169 Å². The normalized spacial score (nSPS) is 12.1. The van der Waals surface area contributed by atoms with Crippen molar-refractivity contribution >= 4 is 33.7 Å². The highest BCUT2D eigenvalue weighted by Gasteiger charge is 2.26. The third-order valence-electron chi connectivity index (χ3n) is 4.95. The van der Waals surface area contributed by atoms with Crippen LogP contribution >= 0.6 is 0 Å². The van der Waals surface area contributed by atoms with Crippen molar-refractivity contribution in [2.45, 2.75) is 12.5 Å². The third kappa shape index (κ3) is 3.48. The van der Waals surface area contributed by atoms with Crippen LogP contribution in [0, 0.1) is 0 Å². The molecular weight excluding hydrogens is 388 g/mol. The van der Waals surface area contributed by atoms with E-state index >= 15 is 0 Å². The summed E-state index contributed by atoms with van der Waals surface area (Å²) in [5, 5.41) is 14.1. The summed E-state index contributed by atoms with van der Waals surface area (Å²) in [5.41, 5.74) is 0.500. The van der Waals surface area contributed by atoms with Gasteiger partial charge in [-0.1, -0.05) is 30.3 Å². The van der Waals surface area contributed by atoms with E-state index in [2.05, 4.69) is 15.3 Å². The van der Waals surface area contributed by atoms with Gasteiger partial charge in [0.25, 0.3) is 5.56 Å². The Morgan fingerprint density at radius 2 is 1.67 bits per heavy atom. The minimum absolute atomic E-state index is 0.00419. The number of carbonyl (C=O) groups excluding carboxylic acids is 2. The van der Waals surface area contributed by atoms with Crippen molar-refractivity contribution in [1.29, 1.82) is 0 Å². The number of carboxylic acids is 1. The second-order valence-corrected chi connectivity index (χ2v) is 6.82. The van der Waals surface area contributed by atoms with Gasteiger partial charge in [0, 0.05) is 23.5 Å². The molecule has 1 atom stereocenters. The first-order chi connectivity index (χ1) is 14.5. The topological polar surface area (TPSA) is 140 Å². The van der Waals surface area contributed by atoms with E-state index in [0.29, 0.717) is 11.1 Å². The Bertz CT molecular complexity index is 1380. The van der Waals surface area contributed by atoms with E-state index in [1.54, 1.807) is 30.5 Å².